The smallest absolute Gasteiger partial charge is 0.319 e. The summed E-state index contributed by atoms with van der Waals surface area (Å²) in [6.45, 7) is 0.899. The van der Waals surface area contributed by atoms with Crippen LogP contribution in [0.1, 0.15) is 10.4 Å². The molecule has 1 aliphatic rings. The molecule has 154 valence electrons. The third-order valence-corrected chi connectivity index (χ3v) is 5.00. The molecule has 0 aliphatic carbocycles. The molecule has 3 amide bonds. The monoisotopic (exact) mass is 408 g/mol. The number of nitrogens with two attached hydrogens (primary N) is 1. The number of halogens is 1. The molecule has 1 aliphatic heterocycles. The highest BCUT2D eigenvalue weighted by molar-refractivity contribution is 6.08. The van der Waals surface area contributed by atoms with Gasteiger partial charge in [-0.25, -0.2) is 19.2 Å². The second-order valence-corrected chi connectivity index (χ2v) is 7.41. The largest absolute Gasteiger partial charge is 0.382 e. The van der Waals surface area contributed by atoms with E-state index in [9.17, 15) is 14.0 Å². The van der Waals surface area contributed by atoms with Crippen molar-refractivity contribution in [3.63, 3.8) is 0 Å². The molecule has 3 N–H and O–H groups in total. The Hall–Kier alpha value is -3.75. The van der Waals surface area contributed by atoms with E-state index in [1.54, 1.807) is 43.3 Å². The van der Waals surface area contributed by atoms with Gasteiger partial charge in [-0.05, 0) is 24.3 Å². The number of rotatable bonds is 3. The minimum absolute atomic E-state index is 0.0887. The van der Waals surface area contributed by atoms with E-state index in [1.807, 2.05) is 0 Å². The molecule has 0 saturated carbocycles. The van der Waals surface area contributed by atoms with E-state index < -0.39 is 0 Å². The second kappa shape index (κ2) is 7.58. The topological polar surface area (TPSA) is 104 Å². The zero-order valence-electron chi connectivity index (χ0n) is 16.6. The van der Waals surface area contributed by atoms with Crippen molar-refractivity contribution in [1.82, 2.24) is 25.1 Å². The summed E-state index contributed by atoms with van der Waals surface area (Å²) >= 11 is 0. The first kappa shape index (κ1) is 19.6. The van der Waals surface area contributed by atoms with Crippen molar-refractivity contribution >= 4 is 28.7 Å². The van der Waals surface area contributed by atoms with Gasteiger partial charge in [-0.3, -0.25) is 4.79 Å². The summed E-state index contributed by atoms with van der Waals surface area (Å²) in [6.07, 6.45) is 1.41. The number of hydrogen-bond donors (Lipinski definition) is 2. The fourth-order valence-electron chi connectivity index (χ4n) is 3.40. The molecule has 0 unspecified atom stereocenters. The van der Waals surface area contributed by atoms with Crippen LogP contribution >= 0.6 is 0 Å². The molecule has 9 heteroatoms. The highest BCUT2D eigenvalue weighted by Crippen LogP contribution is 2.26. The quantitative estimate of drug-likeness (QED) is 0.691. The third-order valence-electron chi connectivity index (χ3n) is 5.00. The van der Waals surface area contributed by atoms with Gasteiger partial charge in [-0.2, -0.15) is 0 Å². The first-order valence-corrected chi connectivity index (χ1v) is 9.41. The number of amides is 3. The molecule has 4 rings (SSSR count). The summed E-state index contributed by atoms with van der Waals surface area (Å²) < 4.78 is 13.6. The number of nitrogens with one attached hydrogen (secondary N) is 1. The molecule has 0 bridgehead atoms. The molecule has 2 aromatic heterocycles. The Labute approximate surface area is 172 Å². The molecule has 30 heavy (non-hydrogen) atoms. The van der Waals surface area contributed by atoms with Gasteiger partial charge in [0.15, 0.2) is 0 Å². The summed E-state index contributed by atoms with van der Waals surface area (Å²) in [4.78, 5) is 36.5. The zero-order valence-corrected chi connectivity index (χ0v) is 16.6. The van der Waals surface area contributed by atoms with E-state index in [0.717, 1.165) is 0 Å². The number of urea groups is 1. The van der Waals surface area contributed by atoms with Crippen LogP contribution in [-0.2, 0) is 0 Å². The number of nitrogens with zero attached hydrogens (tertiary/aromatic N) is 4. The van der Waals surface area contributed by atoms with Crippen molar-refractivity contribution < 1.29 is 14.0 Å². The maximum atomic E-state index is 13.6. The lowest BCUT2D eigenvalue weighted by Crippen LogP contribution is -2.62. The number of carbonyl (C=O) groups is 2. The molecule has 0 radical (unpaired) electrons. The van der Waals surface area contributed by atoms with Gasteiger partial charge >= 0.3 is 6.03 Å². The Bertz CT molecular complexity index is 1140. The number of carbonyl (C=O) groups excluding carboxylic acids is 2. The summed E-state index contributed by atoms with van der Waals surface area (Å²) in [5, 5.41) is 3.47. The standard InChI is InChI=1S/C21H21FN6O2/c1-27(2)21(30)28-10-14(11-28)25-20(29)16-9-24-19(23)18-15(16)6-7-17(26-18)12-4-3-5-13(22)8-12/h3-9,14H,10-11H2,1-2H3,(H2,23,24)(H,25,29). The van der Waals surface area contributed by atoms with Crippen LogP contribution in [0.4, 0.5) is 15.0 Å². The molecule has 3 heterocycles. The molecule has 1 aromatic carbocycles. The van der Waals surface area contributed by atoms with Crippen molar-refractivity contribution in [2.45, 2.75) is 6.04 Å². The second-order valence-electron chi connectivity index (χ2n) is 7.41. The summed E-state index contributed by atoms with van der Waals surface area (Å²) in [7, 11) is 3.37. The zero-order chi connectivity index (χ0) is 21.4. The van der Waals surface area contributed by atoms with E-state index in [-0.39, 0.29) is 29.6 Å². The molecule has 8 nitrogen and oxygen atoms in total. The number of nitrogen functional groups attached to an aromatic ring is 1. The van der Waals surface area contributed by atoms with E-state index in [4.69, 9.17) is 5.73 Å². The van der Waals surface area contributed by atoms with E-state index in [0.29, 0.717) is 40.8 Å². The van der Waals surface area contributed by atoms with Gasteiger partial charge in [0.25, 0.3) is 5.91 Å². The lowest BCUT2D eigenvalue weighted by Gasteiger charge is -2.40. The predicted molar refractivity (Wildman–Crippen MR) is 111 cm³/mol. The van der Waals surface area contributed by atoms with Gasteiger partial charge in [-0.15, -0.1) is 0 Å². The van der Waals surface area contributed by atoms with Gasteiger partial charge < -0.3 is 20.9 Å². The highest BCUT2D eigenvalue weighted by atomic mass is 19.1. The van der Waals surface area contributed by atoms with E-state index >= 15 is 0 Å². The molecular formula is C21H21FN6O2. The fraction of sp³-hybridized carbons (Fsp3) is 0.238. The van der Waals surface area contributed by atoms with Gasteiger partial charge in [-0.1, -0.05) is 12.1 Å². The van der Waals surface area contributed by atoms with Gasteiger partial charge in [0.1, 0.15) is 17.2 Å². The maximum absolute atomic E-state index is 13.6. The first-order chi connectivity index (χ1) is 14.3. The molecule has 0 atom stereocenters. The van der Waals surface area contributed by atoms with Crippen LogP contribution < -0.4 is 11.1 Å². The minimum Gasteiger partial charge on any atom is -0.382 e. The summed E-state index contributed by atoms with van der Waals surface area (Å²) in [5.41, 5.74) is 7.85. The third kappa shape index (κ3) is 3.61. The molecule has 3 aromatic rings. The number of fused-ring (bicyclic) bond motifs is 1. The highest BCUT2D eigenvalue weighted by Gasteiger charge is 2.33. The number of pyridine rings is 2. The van der Waals surface area contributed by atoms with Crippen LogP contribution in [0, 0.1) is 5.82 Å². The van der Waals surface area contributed by atoms with E-state index in [1.165, 1.54) is 23.2 Å². The van der Waals surface area contributed by atoms with E-state index in [2.05, 4.69) is 15.3 Å². The van der Waals surface area contributed by atoms with Crippen molar-refractivity contribution in [3.05, 3.63) is 54.0 Å². The number of anilines is 1. The molecular weight excluding hydrogens is 387 g/mol. The molecule has 0 spiro atoms. The predicted octanol–water partition coefficient (Wildman–Crippen LogP) is 2.11. The average Bonchev–Trinajstić information content (AvgIpc) is 2.69. The normalized spacial score (nSPS) is 13.8. The van der Waals surface area contributed by atoms with Crippen LogP contribution in [0.15, 0.2) is 42.6 Å². The average molecular weight is 408 g/mol. The first-order valence-electron chi connectivity index (χ1n) is 9.41. The van der Waals surface area contributed by atoms with Crippen LogP contribution in [0.3, 0.4) is 0 Å². The fourth-order valence-corrected chi connectivity index (χ4v) is 3.40. The van der Waals surface area contributed by atoms with Crippen LogP contribution in [0.2, 0.25) is 0 Å². The van der Waals surface area contributed by atoms with Crippen LogP contribution in [0.25, 0.3) is 22.2 Å². The SMILES string of the molecule is CN(C)C(=O)N1CC(NC(=O)c2cnc(N)c3nc(-c4cccc(F)c4)ccc23)C1. The Morgan fingerprint density at radius 2 is 2.00 bits per heavy atom. The summed E-state index contributed by atoms with van der Waals surface area (Å²) in [5.74, 6) is -0.489. The minimum atomic E-state index is -0.365. The summed E-state index contributed by atoms with van der Waals surface area (Å²) in [6, 6.07) is 9.32. The van der Waals surface area contributed by atoms with Crippen molar-refractivity contribution in [2.75, 3.05) is 32.9 Å². The number of hydrogen-bond acceptors (Lipinski definition) is 5. The van der Waals surface area contributed by atoms with Crippen LogP contribution in [0.5, 0.6) is 0 Å². The number of likely N-dealkylation sites (tertiary alicyclic amines) is 1. The lowest BCUT2D eigenvalue weighted by molar-refractivity contribution is 0.0827. The Balaban J connectivity index is 1.57. The maximum Gasteiger partial charge on any atom is 0.319 e. The van der Waals surface area contributed by atoms with Crippen molar-refractivity contribution in [2.24, 2.45) is 0 Å². The Kier molecular flexibility index (Phi) is 4.94. The molecule has 1 saturated heterocycles. The Morgan fingerprint density at radius 1 is 1.23 bits per heavy atom. The van der Waals surface area contributed by atoms with Gasteiger partial charge in [0, 0.05) is 44.3 Å². The number of benzene rings is 1. The van der Waals surface area contributed by atoms with Crippen molar-refractivity contribution in [1.29, 1.82) is 0 Å². The van der Waals surface area contributed by atoms with Crippen LogP contribution in [-0.4, -0.2) is 64.9 Å². The van der Waals surface area contributed by atoms with Gasteiger partial charge in [0.05, 0.1) is 17.3 Å². The molecule has 1 fully saturated rings. The van der Waals surface area contributed by atoms with Gasteiger partial charge in [0.2, 0.25) is 0 Å². The number of aromatic nitrogens is 2. The lowest BCUT2D eigenvalue weighted by atomic mass is 10.1. The van der Waals surface area contributed by atoms with Crippen molar-refractivity contribution in [3.8, 4) is 11.3 Å². The Morgan fingerprint density at radius 3 is 2.70 bits per heavy atom.